The molecule has 0 bridgehead atoms. The van der Waals surface area contributed by atoms with E-state index in [9.17, 15) is 4.79 Å². The highest BCUT2D eigenvalue weighted by atomic mass is 32.1. The highest BCUT2D eigenvalue weighted by Crippen LogP contribution is 2.38. The van der Waals surface area contributed by atoms with E-state index >= 15 is 0 Å². The molecule has 0 atom stereocenters. The molecule has 1 fully saturated rings. The van der Waals surface area contributed by atoms with Gasteiger partial charge in [0.1, 0.15) is 22.8 Å². The van der Waals surface area contributed by atoms with Gasteiger partial charge in [-0.2, -0.15) is 0 Å². The molecule has 1 saturated heterocycles. The number of nitrogens with two attached hydrogens (primary N) is 1. The lowest BCUT2D eigenvalue weighted by Crippen LogP contribution is -2.41. The van der Waals surface area contributed by atoms with Crippen LogP contribution < -0.4 is 11.1 Å². The van der Waals surface area contributed by atoms with Crippen molar-refractivity contribution in [3.8, 4) is 0 Å². The van der Waals surface area contributed by atoms with Gasteiger partial charge in [0.15, 0.2) is 0 Å². The van der Waals surface area contributed by atoms with Gasteiger partial charge in [-0.25, -0.2) is 15.0 Å². The molecule has 0 unspecified atom stereocenters. The molecule has 1 aliphatic carbocycles. The number of piperidine rings is 1. The second-order valence-corrected chi connectivity index (χ2v) is 10.0. The summed E-state index contributed by atoms with van der Waals surface area (Å²) >= 11 is 1.77. The normalized spacial score (nSPS) is 16.0. The van der Waals surface area contributed by atoms with Crippen molar-refractivity contribution in [3.05, 3.63) is 34.6 Å². The molecule has 0 spiro atoms. The van der Waals surface area contributed by atoms with Crippen LogP contribution in [-0.4, -0.2) is 70.6 Å². The molecule has 9 nitrogen and oxygen atoms in total. The van der Waals surface area contributed by atoms with Crippen molar-refractivity contribution in [2.45, 2.75) is 44.6 Å². The molecule has 180 valence electrons. The number of anilines is 3. The Bertz CT molecular complexity index is 1150. The number of thiophene rings is 1. The largest absolute Gasteiger partial charge is 0.397 e. The van der Waals surface area contributed by atoms with Gasteiger partial charge in [0.05, 0.1) is 17.3 Å². The van der Waals surface area contributed by atoms with E-state index in [1.807, 2.05) is 4.90 Å². The number of aryl methyl sites for hydroxylation is 2. The molecule has 10 heteroatoms. The zero-order valence-corrected chi connectivity index (χ0v) is 20.6. The third-order valence-electron chi connectivity index (χ3n) is 6.50. The first-order chi connectivity index (χ1) is 16.5. The molecule has 4 N–H and O–H groups in total. The summed E-state index contributed by atoms with van der Waals surface area (Å²) in [6.07, 6.45) is 12.2. The van der Waals surface area contributed by atoms with Crippen LogP contribution in [0.4, 0.5) is 17.3 Å². The van der Waals surface area contributed by atoms with Crippen LogP contribution >= 0.6 is 11.3 Å². The van der Waals surface area contributed by atoms with Crippen molar-refractivity contribution < 1.29 is 4.79 Å². The second-order valence-electron chi connectivity index (χ2n) is 8.92. The summed E-state index contributed by atoms with van der Waals surface area (Å²) in [6.45, 7) is 1.85. The highest BCUT2D eigenvalue weighted by molar-refractivity contribution is 7.19. The van der Waals surface area contributed by atoms with Gasteiger partial charge in [-0.1, -0.05) is 0 Å². The number of nitrogen functional groups attached to an aromatic ring is 1. The third-order valence-corrected chi connectivity index (χ3v) is 7.70. The van der Waals surface area contributed by atoms with Gasteiger partial charge in [0, 0.05) is 35.8 Å². The number of carbonyl (C=O) groups excluding carboxylic acids is 1. The van der Waals surface area contributed by atoms with Gasteiger partial charge < -0.3 is 26.3 Å². The van der Waals surface area contributed by atoms with Crippen molar-refractivity contribution in [1.82, 2.24) is 24.8 Å². The van der Waals surface area contributed by atoms with E-state index in [2.05, 4.69) is 39.3 Å². The molecule has 1 aliphatic heterocycles. The summed E-state index contributed by atoms with van der Waals surface area (Å²) in [5.74, 6) is 1.41. The van der Waals surface area contributed by atoms with E-state index in [0.29, 0.717) is 23.1 Å². The SMILES string of the molecule is CN(C)C1CCN(C=O)CC1.N=Cc1cc(Nc2ncnc3sc4c(c23)CCCC4)ncc1N. The van der Waals surface area contributed by atoms with E-state index in [1.165, 1.54) is 29.5 Å². The Morgan fingerprint density at radius 3 is 2.68 bits per heavy atom. The fraction of sp³-hybridized carbons (Fsp3) is 0.458. The average molecular weight is 481 g/mol. The Morgan fingerprint density at radius 2 is 1.97 bits per heavy atom. The van der Waals surface area contributed by atoms with Crippen LogP contribution in [0.15, 0.2) is 18.6 Å². The molecular weight excluding hydrogens is 448 g/mol. The number of carbonyl (C=O) groups is 1. The van der Waals surface area contributed by atoms with Gasteiger partial charge >= 0.3 is 0 Å². The summed E-state index contributed by atoms with van der Waals surface area (Å²) in [7, 11) is 4.20. The lowest BCUT2D eigenvalue weighted by atomic mass is 9.97. The first-order valence-electron chi connectivity index (χ1n) is 11.6. The van der Waals surface area contributed by atoms with Crippen LogP contribution in [0.2, 0.25) is 0 Å². The van der Waals surface area contributed by atoms with Crippen LogP contribution in [0.5, 0.6) is 0 Å². The number of nitrogens with zero attached hydrogens (tertiary/aromatic N) is 5. The van der Waals surface area contributed by atoms with E-state index in [0.717, 1.165) is 61.2 Å². The quantitative estimate of drug-likeness (QED) is 0.377. The maximum absolute atomic E-state index is 10.3. The number of rotatable bonds is 5. The van der Waals surface area contributed by atoms with Crippen molar-refractivity contribution in [3.63, 3.8) is 0 Å². The standard InChI is InChI=1S/C16H16N6S.C8H16N2O/c17-6-9-5-13(19-7-11(9)18)22-15-14-10-3-1-2-4-12(10)23-16(14)21-8-20-15;1-9(2)8-3-5-10(7-11)6-4-8/h5-8,17H,1-4,18H2,(H,19,20,21,22);7-8H,3-6H2,1-2H3. The molecule has 4 heterocycles. The van der Waals surface area contributed by atoms with Crippen LogP contribution in [-0.2, 0) is 17.6 Å². The van der Waals surface area contributed by atoms with Gasteiger partial charge in [0.2, 0.25) is 6.41 Å². The number of hydrogen-bond donors (Lipinski definition) is 3. The minimum atomic E-state index is 0.492. The molecule has 1 amide bonds. The summed E-state index contributed by atoms with van der Waals surface area (Å²) < 4.78 is 0. The maximum atomic E-state index is 10.3. The number of pyridine rings is 1. The number of amides is 1. The minimum Gasteiger partial charge on any atom is -0.397 e. The molecule has 34 heavy (non-hydrogen) atoms. The monoisotopic (exact) mass is 480 g/mol. The molecule has 3 aromatic rings. The zero-order valence-electron chi connectivity index (χ0n) is 19.8. The van der Waals surface area contributed by atoms with Gasteiger partial charge in [-0.05, 0) is 64.3 Å². The number of fused-ring (bicyclic) bond motifs is 3. The lowest BCUT2D eigenvalue weighted by Gasteiger charge is -2.33. The first-order valence-corrected chi connectivity index (χ1v) is 12.5. The first kappa shape index (κ1) is 24.0. The Balaban J connectivity index is 0.000000210. The number of nitrogens with one attached hydrogen (secondary N) is 2. The predicted octanol–water partition coefficient (Wildman–Crippen LogP) is 3.46. The average Bonchev–Trinajstić information content (AvgIpc) is 3.25. The Morgan fingerprint density at radius 1 is 1.21 bits per heavy atom. The van der Waals surface area contributed by atoms with Gasteiger partial charge in [-0.15, -0.1) is 11.3 Å². The van der Waals surface area contributed by atoms with E-state index in [-0.39, 0.29) is 0 Å². The predicted molar refractivity (Wildman–Crippen MR) is 138 cm³/mol. The van der Waals surface area contributed by atoms with Gasteiger partial charge in [0.25, 0.3) is 0 Å². The van der Waals surface area contributed by atoms with E-state index in [4.69, 9.17) is 11.1 Å². The molecule has 3 aromatic heterocycles. The molecule has 0 aromatic carbocycles. The van der Waals surface area contributed by atoms with Crippen LogP contribution in [0, 0.1) is 5.41 Å². The Labute approximate surface area is 203 Å². The zero-order chi connectivity index (χ0) is 24.1. The van der Waals surface area contributed by atoms with Crippen LogP contribution in [0.1, 0.15) is 41.7 Å². The molecule has 5 rings (SSSR count). The van der Waals surface area contributed by atoms with Crippen LogP contribution in [0.3, 0.4) is 0 Å². The number of likely N-dealkylation sites (tertiary alicyclic amines) is 1. The van der Waals surface area contributed by atoms with Crippen molar-refractivity contribution in [2.75, 3.05) is 38.2 Å². The summed E-state index contributed by atoms with van der Waals surface area (Å²) in [5.41, 5.74) is 8.30. The second kappa shape index (κ2) is 10.9. The molecule has 0 saturated carbocycles. The topological polar surface area (TPSA) is 124 Å². The van der Waals surface area contributed by atoms with Gasteiger partial charge in [-0.3, -0.25) is 4.79 Å². The number of aromatic nitrogens is 3. The highest BCUT2D eigenvalue weighted by Gasteiger charge is 2.20. The minimum absolute atomic E-state index is 0.492. The van der Waals surface area contributed by atoms with E-state index < -0.39 is 0 Å². The Kier molecular flexibility index (Phi) is 7.69. The summed E-state index contributed by atoms with van der Waals surface area (Å²) in [5, 5.41) is 11.8. The summed E-state index contributed by atoms with van der Waals surface area (Å²) in [4.78, 5) is 30.0. The fourth-order valence-corrected chi connectivity index (χ4v) is 5.72. The van der Waals surface area contributed by atoms with Crippen molar-refractivity contribution in [1.29, 1.82) is 5.41 Å². The van der Waals surface area contributed by atoms with E-state index in [1.54, 1.807) is 29.9 Å². The molecule has 2 aliphatic rings. The third kappa shape index (κ3) is 5.34. The van der Waals surface area contributed by atoms with Crippen molar-refractivity contribution in [2.24, 2.45) is 0 Å². The molecular formula is C24H32N8OS. The Hall–Kier alpha value is -3.11. The maximum Gasteiger partial charge on any atom is 0.209 e. The smallest absolute Gasteiger partial charge is 0.209 e. The summed E-state index contributed by atoms with van der Waals surface area (Å²) in [6, 6.07) is 2.43. The lowest BCUT2D eigenvalue weighted by molar-refractivity contribution is -0.119. The van der Waals surface area contributed by atoms with Crippen LogP contribution in [0.25, 0.3) is 10.2 Å². The fourth-order valence-electron chi connectivity index (χ4n) is 4.49. The van der Waals surface area contributed by atoms with Crippen molar-refractivity contribution >= 4 is 51.5 Å². The number of hydrogen-bond acceptors (Lipinski definition) is 9. The molecule has 0 radical (unpaired) electrons.